The minimum atomic E-state index is 0.385. The van der Waals surface area contributed by atoms with Crippen LogP contribution in [0.2, 0.25) is 0 Å². The van der Waals surface area contributed by atoms with Crippen LogP contribution in [-0.4, -0.2) is 30.1 Å². The molecular formula is C14H30N2. The molecule has 0 aromatic carbocycles. The Kier molecular flexibility index (Phi) is 6.37. The Labute approximate surface area is 102 Å². The van der Waals surface area contributed by atoms with Crippen LogP contribution in [-0.2, 0) is 0 Å². The highest BCUT2D eigenvalue weighted by Gasteiger charge is 2.29. The fourth-order valence-electron chi connectivity index (χ4n) is 3.17. The van der Waals surface area contributed by atoms with Crippen LogP contribution >= 0.6 is 0 Å². The summed E-state index contributed by atoms with van der Waals surface area (Å²) >= 11 is 0. The van der Waals surface area contributed by atoms with Gasteiger partial charge in [0, 0.05) is 18.6 Å². The van der Waals surface area contributed by atoms with E-state index in [0.717, 1.165) is 5.92 Å². The molecule has 3 unspecified atom stereocenters. The molecule has 0 saturated carbocycles. The zero-order valence-electron chi connectivity index (χ0n) is 11.4. The van der Waals surface area contributed by atoms with Gasteiger partial charge >= 0.3 is 0 Å². The molecule has 1 heterocycles. The van der Waals surface area contributed by atoms with E-state index in [1.54, 1.807) is 0 Å². The van der Waals surface area contributed by atoms with Crippen molar-refractivity contribution in [1.82, 2.24) is 4.90 Å². The molecular weight excluding hydrogens is 196 g/mol. The summed E-state index contributed by atoms with van der Waals surface area (Å²) in [5.74, 6) is 0.938. The summed E-state index contributed by atoms with van der Waals surface area (Å²) < 4.78 is 0. The predicted octanol–water partition coefficient (Wildman–Crippen LogP) is 3.01. The van der Waals surface area contributed by atoms with Gasteiger partial charge in [-0.3, -0.25) is 4.90 Å². The van der Waals surface area contributed by atoms with Crippen LogP contribution in [0, 0.1) is 5.92 Å². The number of nitrogens with two attached hydrogens (primary N) is 1. The first-order valence-corrected chi connectivity index (χ1v) is 7.22. The van der Waals surface area contributed by atoms with Crippen LogP contribution in [0.15, 0.2) is 0 Å². The second kappa shape index (κ2) is 7.29. The highest BCUT2D eigenvalue weighted by Crippen LogP contribution is 2.25. The third-order valence-corrected chi connectivity index (χ3v) is 4.02. The lowest BCUT2D eigenvalue weighted by Gasteiger charge is -2.32. The molecule has 2 nitrogen and oxygen atoms in total. The van der Waals surface area contributed by atoms with Gasteiger partial charge in [-0.05, 0) is 38.1 Å². The van der Waals surface area contributed by atoms with Crippen molar-refractivity contribution in [2.24, 2.45) is 11.7 Å². The summed E-state index contributed by atoms with van der Waals surface area (Å²) in [6, 6.07) is 1.01. The molecule has 96 valence electrons. The smallest absolute Gasteiger partial charge is 0.0244 e. The third-order valence-electron chi connectivity index (χ3n) is 4.02. The molecule has 1 fully saturated rings. The van der Waals surface area contributed by atoms with Crippen molar-refractivity contribution in [3.8, 4) is 0 Å². The molecule has 3 atom stereocenters. The van der Waals surface area contributed by atoms with Gasteiger partial charge in [-0.1, -0.05) is 33.6 Å². The van der Waals surface area contributed by atoms with Gasteiger partial charge in [0.2, 0.25) is 0 Å². The van der Waals surface area contributed by atoms with Crippen molar-refractivity contribution < 1.29 is 0 Å². The number of rotatable bonds is 7. The van der Waals surface area contributed by atoms with Crippen molar-refractivity contribution in [3.63, 3.8) is 0 Å². The second-order valence-corrected chi connectivity index (χ2v) is 5.37. The summed E-state index contributed by atoms with van der Waals surface area (Å²) in [5.41, 5.74) is 6.30. The summed E-state index contributed by atoms with van der Waals surface area (Å²) in [6.07, 6.45) is 7.72. The minimum absolute atomic E-state index is 0.385. The monoisotopic (exact) mass is 226 g/mol. The summed E-state index contributed by atoms with van der Waals surface area (Å²) in [5, 5.41) is 0. The normalized spacial score (nSPS) is 25.9. The van der Waals surface area contributed by atoms with E-state index in [2.05, 4.69) is 25.7 Å². The first-order valence-electron chi connectivity index (χ1n) is 7.22. The highest BCUT2D eigenvalue weighted by molar-refractivity contribution is 4.86. The van der Waals surface area contributed by atoms with Crippen molar-refractivity contribution >= 4 is 0 Å². The number of hydrogen-bond donors (Lipinski definition) is 1. The molecule has 1 rings (SSSR count). The highest BCUT2D eigenvalue weighted by atomic mass is 15.2. The molecule has 0 spiro atoms. The van der Waals surface area contributed by atoms with Crippen LogP contribution in [0.5, 0.6) is 0 Å². The van der Waals surface area contributed by atoms with Gasteiger partial charge in [-0.25, -0.2) is 0 Å². The van der Waals surface area contributed by atoms with Gasteiger partial charge in [-0.2, -0.15) is 0 Å². The Bertz CT molecular complexity index is 182. The van der Waals surface area contributed by atoms with Gasteiger partial charge in [0.25, 0.3) is 0 Å². The molecule has 1 saturated heterocycles. The Balaban J connectivity index is 2.42. The molecule has 1 aliphatic rings. The largest absolute Gasteiger partial charge is 0.326 e. The molecule has 2 heteroatoms. The average Bonchev–Trinajstić information content (AvgIpc) is 2.68. The molecule has 1 aliphatic heterocycles. The Hall–Kier alpha value is -0.0800. The molecule has 0 bridgehead atoms. The first kappa shape index (κ1) is 14.0. The maximum absolute atomic E-state index is 6.30. The van der Waals surface area contributed by atoms with Gasteiger partial charge < -0.3 is 5.73 Å². The fraction of sp³-hybridized carbons (Fsp3) is 1.00. The van der Waals surface area contributed by atoms with E-state index in [0.29, 0.717) is 12.1 Å². The van der Waals surface area contributed by atoms with E-state index < -0.39 is 0 Å². The zero-order chi connectivity index (χ0) is 12.0. The fourth-order valence-corrected chi connectivity index (χ4v) is 3.17. The minimum Gasteiger partial charge on any atom is -0.326 e. The maximum atomic E-state index is 6.30. The zero-order valence-corrected chi connectivity index (χ0v) is 11.4. The van der Waals surface area contributed by atoms with E-state index >= 15 is 0 Å². The number of hydrogen-bond acceptors (Lipinski definition) is 2. The van der Waals surface area contributed by atoms with E-state index in [1.165, 1.54) is 51.6 Å². The van der Waals surface area contributed by atoms with Crippen LogP contribution < -0.4 is 5.73 Å². The number of nitrogens with zero attached hydrogens (tertiary/aromatic N) is 1. The molecule has 0 aromatic rings. The van der Waals surface area contributed by atoms with E-state index in [9.17, 15) is 0 Å². The quantitative estimate of drug-likeness (QED) is 0.723. The predicted molar refractivity (Wildman–Crippen MR) is 71.6 cm³/mol. The Morgan fingerprint density at radius 3 is 2.56 bits per heavy atom. The Morgan fingerprint density at radius 2 is 2.00 bits per heavy atom. The first-order chi connectivity index (χ1) is 7.72. The molecule has 0 amide bonds. The summed E-state index contributed by atoms with van der Waals surface area (Å²) in [4.78, 5) is 2.65. The van der Waals surface area contributed by atoms with Crippen molar-refractivity contribution in [2.75, 3.05) is 13.1 Å². The lowest BCUT2D eigenvalue weighted by Crippen LogP contribution is -2.46. The molecule has 0 radical (unpaired) electrons. The van der Waals surface area contributed by atoms with Gasteiger partial charge in [-0.15, -0.1) is 0 Å². The van der Waals surface area contributed by atoms with Gasteiger partial charge in [0.15, 0.2) is 0 Å². The molecule has 2 N–H and O–H groups in total. The van der Waals surface area contributed by atoms with Crippen molar-refractivity contribution in [1.29, 1.82) is 0 Å². The van der Waals surface area contributed by atoms with Crippen LogP contribution in [0.4, 0.5) is 0 Å². The Morgan fingerprint density at radius 1 is 1.25 bits per heavy atom. The average molecular weight is 226 g/mol. The SMILES string of the molecule is CCCC1CCN(C(CC)C(N)CCC)C1. The second-order valence-electron chi connectivity index (χ2n) is 5.37. The third kappa shape index (κ3) is 3.74. The van der Waals surface area contributed by atoms with E-state index in [-0.39, 0.29) is 0 Å². The lowest BCUT2D eigenvalue weighted by molar-refractivity contribution is 0.191. The summed E-state index contributed by atoms with van der Waals surface area (Å²) in [7, 11) is 0. The van der Waals surface area contributed by atoms with Crippen LogP contribution in [0.3, 0.4) is 0 Å². The summed E-state index contributed by atoms with van der Waals surface area (Å²) in [6.45, 7) is 9.39. The lowest BCUT2D eigenvalue weighted by atomic mass is 10.00. The van der Waals surface area contributed by atoms with Gasteiger partial charge in [0.1, 0.15) is 0 Å². The van der Waals surface area contributed by atoms with Crippen LogP contribution in [0.1, 0.15) is 59.3 Å². The van der Waals surface area contributed by atoms with Gasteiger partial charge in [0.05, 0.1) is 0 Å². The van der Waals surface area contributed by atoms with Crippen LogP contribution in [0.25, 0.3) is 0 Å². The molecule has 16 heavy (non-hydrogen) atoms. The molecule has 0 aliphatic carbocycles. The molecule has 0 aromatic heterocycles. The standard InChI is InChI=1S/C14H30N2/c1-4-7-12-9-10-16(11-12)14(6-3)13(15)8-5-2/h12-14H,4-11,15H2,1-3H3. The maximum Gasteiger partial charge on any atom is 0.0244 e. The van der Waals surface area contributed by atoms with Crippen molar-refractivity contribution in [2.45, 2.75) is 71.4 Å². The van der Waals surface area contributed by atoms with E-state index in [4.69, 9.17) is 5.73 Å². The van der Waals surface area contributed by atoms with E-state index in [1.807, 2.05) is 0 Å². The van der Waals surface area contributed by atoms with Crippen molar-refractivity contribution in [3.05, 3.63) is 0 Å². The number of likely N-dealkylation sites (tertiary alicyclic amines) is 1. The topological polar surface area (TPSA) is 29.3 Å².